The largest absolute Gasteiger partial charge is 0.316 e. The average Bonchev–Trinajstić information content (AvgIpc) is 2.52. The molecule has 0 spiro atoms. The molecule has 2 heteroatoms. The first-order chi connectivity index (χ1) is 10.1. The molecule has 0 amide bonds. The molecule has 1 rings (SSSR count). The molecule has 0 aliphatic heterocycles. The van der Waals surface area contributed by atoms with Crippen molar-refractivity contribution in [2.75, 3.05) is 26.2 Å². The summed E-state index contributed by atoms with van der Waals surface area (Å²) in [6, 6.07) is 9.21. The van der Waals surface area contributed by atoms with Gasteiger partial charge < -0.3 is 5.32 Å². The average molecular weight is 290 g/mol. The van der Waals surface area contributed by atoms with E-state index in [-0.39, 0.29) is 0 Å². The summed E-state index contributed by atoms with van der Waals surface area (Å²) in [4.78, 5) is 2.55. The van der Waals surface area contributed by atoms with Gasteiger partial charge in [0.05, 0.1) is 0 Å². The number of nitrogens with zero attached hydrogens (tertiary/aromatic N) is 1. The second-order valence-corrected chi connectivity index (χ2v) is 6.29. The maximum atomic E-state index is 3.42. The molecule has 1 aromatic rings. The molecule has 0 fully saturated rings. The topological polar surface area (TPSA) is 15.3 Å². The Bertz CT molecular complexity index is 372. The van der Waals surface area contributed by atoms with E-state index >= 15 is 0 Å². The Hall–Kier alpha value is -0.860. The number of likely N-dealkylation sites (N-methyl/N-ethyl adjacent to an activating group) is 1. The van der Waals surface area contributed by atoms with Crippen molar-refractivity contribution in [3.8, 4) is 0 Å². The van der Waals surface area contributed by atoms with E-state index in [2.05, 4.69) is 69.1 Å². The van der Waals surface area contributed by atoms with Crippen LogP contribution in [0.25, 0.3) is 0 Å². The fourth-order valence-corrected chi connectivity index (χ4v) is 2.56. The van der Waals surface area contributed by atoms with Gasteiger partial charge in [0.25, 0.3) is 0 Å². The highest BCUT2D eigenvalue weighted by molar-refractivity contribution is 5.25. The molecule has 0 heterocycles. The molecule has 2 unspecified atom stereocenters. The van der Waals surface area contributed by atoms with Crippen molar-refractivity contribution >= 4 is 0 Å². The van der Waals surface area contributed by atoms with E-state index in [1.54, 1.807) is 0 Å². The van der Waals surface area contributed by atoms with Crippen molar-refractivity contribution in [2.24, 2.45) is 5.92 Å². The highest BCUT2D eigenvalue weighted by atomic mass is 15.1. The van der Waals surface area contributed by atoms with Crippen molar-refractivity contribution in [3.05, 3.63) is 35.4 Å². The summed E-state index contributed by atoms with van der Waals surface area (Å²) in [5.74, 6) is 1.37. The molecule has 0 radical (unpaired) electrons. The first-order valence-corrected chi connectivity index (χ1v) is 8.62. The molecular weight excluding hydrogens is 256 g/mol. The van der Waals surface area contributed by atoms with Gasteiger partial charge in [-0.1, -0.05) is 65.3 Å². The van der Waals surface area contributed by atoms with E-state index in [4.69, 9.17) is 0 Å². The Morgan fingerprint density at radius 1 is 1.05 bits per heavy atom. The Morgan fingerprint density at radius 3 is 2.24 bits per heavy atom. The van der Waals surface area contributed by atoms with Crippen LogP contribution in [-0.4, -0.2) is 31.1 Å². The number of rotatable bonds is 10. The van der Waals surface area contributed by atoms with E-state index in [0.717, 1.165) is 32.1 Å². The lowest BCUT2D eigenvalue weighted by Gasteiger charge is -2.24. The fraction of sp³-hybridized carbons (Fsp3) is 0.684. The summed E-state index contributed by atoms with van der Waals surface area (Å²) in [7, 11) is 0. The number of hydrogen-bond acceptors (Lipinski definition) is 2. The Morgan fingerprint density at radius 2 is 1.71 bits per heavy atom. The van der Waals surface area contributed by atoms with E-state index in [0.29, 0.717) is 5.92 Å². The van der Waals surface area contributed by atoms with Gasteiger partial charge in [-0.25, -0.2) is 0 Å². The van der Waals surface area contributed by atoms with Crippen LogP contribution in [-0.2, 0) is 6.54 Å². The van der Waals surface area contributed by atoms with E-state index in [9.17, 15) is 0 Å². The van der Waals surface area contributed by atoms with Gasteiger partial charge in [-0.15, -0.1) is 0 Å². The predicted octanol–water partition coefficient (Wildman–Crippen LogP) is 4.27. The summed E-state index contributed by atoms with van der Waals surface area (Å²) in [6.45, 7) is 16.8. The van der Waals surface area contributed by atoms with Crippen molar-refractivity contribution in [3.63, 3.8) is 0 Å². The quantitative estimate of drug-likeness (QED) is 0.692. The van der Waals surface area contributed by atoms with Crippen LogP contribution in [0.15, 0.2) is 24.3 Å². The van der Waals surface area contributed by atoms with Crippen LogP contribution in [0.1, 0.15) is 58.1 Å². The van der Waals surface area contributed by atoms with Gasteiger partial charge in [0.2, 0.25) is 0 Å². The number of hydrogen-bond donors (Lipinski definition) is 1. The van der Waals surface area contributed by atoms with E-state index in [1.807, 2.05) is 0 Å². The summed E-state index contributed by atoms with van der Waals surface area (Å²) in [6.07, 6.45) is 1.26. The molecule has 2 atom stereocenters. The molecule has 21 heavy (non-hydrogen) atoms. The second-order valence-electron chi connectivity index (χ2n) is 6.29. The van der Waals surface area contributed by atoms with Crippen LogP contribution in [0.2, 0.25) is 0 Å². The summed E-state index contributed by atoms with van der Waals surface area (Å²) < 4.78 is 0. The molecule has 2 nitrogen and oxygen atoms in total. The van der Waals surface area contributed by atoms with E-state index < -0.39 is 0 Å². The molecule has 0 bridgehead atoms. The summed E-state index contributed by atoms with van der Waals surface area (Å²) >= 11 is 0. The SMILES string of the molecule is CCNCC(C)c1ccc(CN(CC)CC(C)CC)cc1. The van der Waals surface area contributed by atoms with E-state index in [1.165, 1.54) is 24.1 Å². The van der Waals surface area contributed by atoms with Crippen molar-refractivity contribution in [2.45, 2.75) is 53.5 Å². The molecule has 0 saturated heterocycles. The van der Waals surface area contributed by atoms with Crippen molar-refractivity contribution in [1.82, 2.24) is 10.2 Å². The van der Waals surface area contributed by atoms with Crippen LogP contribution in [0.4, 0.5) is 0 Å². The Balaban J connectivity index is 2.56. The zero-order chi connectivity index (χ0) is 15.7. The minimum Gasteiger partial charge on any atom is -0.316 e. The van der Waals surface area contributed by atoms with Crippen molar-refractivity contribution in [1.29, 1.82) is 0 Å². The lowest BCUT2D eigenvalue weighted by atomic mass is 9.99. The first kappa shape index (κ1) is 18.2. The molecule has 0 aliphatic carbocycles. The third-order valence-electron chi connectivity index (χ3n) is 4.37. The zero-order valence-electron chi connectivity index (χ0n) is 14.7. The Kier molecular flexibility index (Phi) is 8.63. The smallest absolute Gasteiger partial charge is 0.0233 e. The maximum Gasteiger partial charge on any atom is 0.0233 e. The van der Waals surface area contributed by atoms with Crippen LogP contribution >= 0.6 is 0 Å². The highest BCUT2D eigenvalue weighted by Gasteiger charge is 2.09. The minimum absolute atomic E-state index is 0.585. The van der Waals surface area contributed by atoms with Gasteiger partial charge in [0.1, 0.15) is 0 Å². The van der Waals surface area contributed by atoms with Crippen LogP contribution in [0, 0.1) is 5.92 Å². The molecule has 0 saturated carbocycles. The Labute approximate surface area is 131 Å². The zero-order valence-corrected chi connectivity index (χ0v) is 14.7. The number of nitrogens with one attached hydrogen (secondary N) is 1. The predicted molar refractivity (Wildman–Crippen MR) is 93.8 cm³/mol. The van der Waals surface area contributed by atoms with Gasteiger partial charge in [0.15, 0.2) is 0 Å². The number of benzene rings is 1. The molecule has 1 aromatic carbocycles. The van der Waals surface area contributed by atoms with Crippen molar-refractivity contribution < 1.29 is 0 Å². The third-order valence-corrected chi connectivity index (χ3v) is 4.37. The fourth-order valence-electron chi connectivity index (χ4n) is 2.56. The lowest BCUT2D eigenvalue weighted by Crippen LogP contribution is -2.27. The second kappa shape index (κ2) is 9.97. The molecule has 1 N–H and O–H groups in total. The van der Waals surface area contributed by atoms with Gasteiger partial charge in [-0.3, -0.25) is 4.90 Å². The summed E-state index contributed by atoms with van der Waals surface area (Å²) in [5.41, 5.74) is 2.87. The lowest BCUT2D eigenvalue weighted by molar-refractivity contribution is 0.238. The van der Waals surface area contributed by atoms with Gasteiger partial charge >= 0.3 is 0 Å². The van der Waals surface area contributed by atoms with Crippen LogP contribution < -0.4 is 5.32 Å². The summed E-state index contributed by atoms with van der Waals surface area (Å²) in [5, 5.41) is 3.42. The minimum atomic E-state index is 0.585. The first-order valence-electron chi connectivity index (χ1n) is 8.62. The molecule has 120 valence electrons. The van der Waals surface area contributed by atoms with Crippen LogP contribution in [0.5, 0.6) is 0 Å². The van der Waals surface area contributed by atoms with Crippen LogP contribution in [0.3, 0.4) is 0 Å². The normalized spacial score (nSPS) is 14.4. The standard InChI is InChI=1S/C19H34N2/c1-6-16(4)14-21(8-3)15-18-9-11-19(12-10-18)17(5)13-20-7-2/h9-12,16-17,20H,6-8,13-15H2,1-5H3. The maximum absolute atomic E-state index is 3.42. The molecule has 0 aliphatic rings. The van der Waals surface area contributed by atoms with Gasteiger partial charge in [-0.2, -0.15) is 0 Å². The highest BCUT2D eigenvalue weighted by Crippen LogP contribution is 2.16. The molecular formula is C19H34N2. The van der Waals surface area contributed by atoms with Gasteiger partial charge in [-0.05, 0) is 36.1 Å². The monoisotopic (exact) mass is 290 g/mol. The third kappa shape index (κ3) is 6.62. The molecule has 0 aromatic heterocycles. The van der Waals surface area contributed by atoms with Gasteiger partial charge in [0, 0.05) is 19.6 Å².